The molecule has 1 unspecified atom stereocenters. The Labute approximate surface area is 116 Å². The highest BCUT2D eigenvalue weighted by Gasteiger charge is 2.16. The number of nitrogens with zero attached hydrogens (tertiary/aromatic N) is 1. The van der Waals surface area contributed by atoms with Crippen molar-refractivity contribution in [1.82, 2.24) is 0 Å². The third-order valence-electron chi connectivity index (χ3n) is 3.06. The summed E-state index contributed by atoms with van der Waals surface area (Å²) in [6.45, 7) is 6.31. The molecule has 0 spiro atoms. The van der Waals surface area contributed by atoms with E-state index in [0.29, 0.717) is 11.5 Å². The van der Waals surface area contributed by atoms with Crippen LogP contribution in [0.4, 0.5) is 5.69 Å². The molecule has 0 aliphatic rings. The van der Waals surface area contributed by atoms with Gasteiger partial charge in [-0.3, -0.25) is 0 Å². The first kappa shape index (κ1) is 15.5. The molecule has 1 rings (SSSR count). The lowest BCUT2D eigenvalue weighted by atomic mass is 10.1. The maximum Gasteiger partial charge on any atom is 0.340 e. The van der Waals surface area contributed by atoms with Gasteiger partial charge in [0.25, 0.3) is 0 Å². The van der Waals surface area contributed by atoms with Crippen molar-refractivity contribution in [1.29, 1.82) is 0 Å². The minimum absolute atomic E-state index is 0.0369. The van der Waals surface area contributed by atoms with Crippen molar-refractivity contribution < 1.29 is 9.53 Å². The normalized spacial score (nSPS) is 12.3. The molecule has 1 aromatic rings. The van der Waals surface area contributed by atoms with E-state index in [1.54, 1.807) is 0 Å². The van der Waals surface area contributed by atoms with Crippen LogP contribution in [0.15, 0.2) is 24.3 Å². The van der Waals surface area contributed by atoms with Crippen LogP contribution in [0.2, 0.25) is 0 Å². The average Bonchev–Trinajstić information content (AvgIpc) is 2.36. The summed E-state index contributed by atoms with van der Waals surface area (Å²) in [5.74, 6) is 0.399. The van der Waals surface area contributed by atoms with E-state index in [1.807, 2.05) is 50.2 Å². The van der Waals surface area contributed by atoms with Crippen LogP contribution in [0, 0.1) is 5.92 Å². The predicted molar refractivity (Wildman–Crippen MR) is 79.7 cm³/mol. The van der Waals surface area contributed by atoms with Crippen LogP contribution in [-0.4, -0.2) is 26.2 Å². The van der Waals surface area contributed by atoms with Crippen LogP contribution in [0.25, 0.3) is 0 Å². The molecule has 19 heavy (non-hydrogen) atoms. The van der Waals surface area contributed by atoms with Crippen molar-refractivity contribution in [3.8, 4) is 0 Å². The number of rotatable bonds is 6. The van der Waals surface area contributed by atoms with Crippen LogP contribution < -0.4 is 4.90 Å². The van der Waals surface area contributed by atoms with Gasteiger partial charge in [-0.25, -0.2) is 4.79 Å². The number of ether oxygens (including phenoxy) is 1. The van der Waals surface area contributed by atoms with Crippen molar-refractivity contribution in [3.05, 3.63) is 29.8 Å². The minimum atomic E-state index is -0.236. The zero-order chi connectivity index (χ0) is 14.4. The first-order valence-corrected chi connectivity index (χ1v) is 6.89. The summed E-state index contributed by atoms with van der Waals surface area (Å²) < 4.78 is 5.51. The van der Waals surface area contributed by atoms with E-state index >= 15 is 0 Å². The Morgan fingerprint density at radius 1 is 1.16 bits per heavy atom. The number of carbonyl (C=O) groups is 1. The molecule has 0 bridgehead atoms. The lowest BCUT2D eigenvalue weighted by Crippen LogP contribution is -2.19. The molecule has 1 atom stereocenters. The summed E-state index contributed by atoms with van der Waals surface area (Å²) in [6.07, 6.45) is 1.95. The molecule has 0 saturated carbocycles. The largest absolute Gasteiger partial charge is 0.459 e. The van der Waals surface area contributed by atoms with Gasteiger partial charge in [0.15, 0.2) is 0 Å². The zero-order valence-corrected chi connectivity index (χ0v) is 12.6. The molecular formula is C16H25NO2. The highest BCUT2D eigenvalue weighted by molar-refractivity contribution is 5.95. The molecule has 3 heteroatoms. The van der Waals surface area contributed by atoms with E-state index in [0.717, 1.165) is 18.5 Å². The van der Waals surface area contributed by atoms with E-state index < -0.39 is 0 Å². The summed E-state index contributed by atoms with van der Waals surface area (Å²) in [5, 5.41) is 0. The molecule has 0 saturated heterocycles. The molecular weight excluding hydrogens is 238 g/mol. The lowest BCUT2D eigenvalue weighted by molar-refractivity contribution is 0.0314. The van der Waals surface area contributed by atoms with Crippen molar-refractivity contribution in [2.75, 3.05) is 19.0 Å². The van der Waals surface area contributed by atoms with Gasteiger partial charge in [0.1, 0.15) is 0 Å². The second-order valence-corrected chi connectivity index (χ2v) is 5.60. The van der Waals surface area contributed by atoms with E-state index in [4.69, 9.17) is 4.74 Å². The molecule has 0 fully saturated rings. The number of anilines is 1. The third kappa shape index (κ3) is 4.93. The van der Waals surface area contributed by atoms with E-state index in [2.05, 4.69) is 13.8 Å². The molecule has 0 amide bonds. The van der Waals surface area contributed by atoms with Gasteiger partial charge < -0.3 is 9.64 Å². The monoisotopic (exact) mass is 263 g/mol. The third-order valence-corrected chi connectivity index (χ3v) is 3.06. The van der Waals surface area contributed by atoms with Crippen LogP contribution in [0.3, 0.4) is 0 Å². The molecule has 106 valence electrons. The van der Waals surface area contributed by atoms with E-state index in [1.165, 1.54) is 0 Å². The Kier molecular flexibility index (Phi) is 5.87. The highest BCUT2D eigenvalue weighted by atomic mass is 16.5. The predicted octanol–water partition coefficient (Wildman–Crippen LogP) is 3.73. The van der Waals surface area contributed by atoms with Gasteiger partial charge in [-0.05, 0) is 37.8 Å². The molecule has 0 aliphatic heterocycles. The van der Waals surface area contributed by atoms with Crippen molar-refractivity contribution >= 4 is 11.7 Å². The Morgan fingerprint density at radius 3 is 2.37 bits per heavy atom. The fourth-order valence-corrected chi connectivity index (χ4v) is 1.91. The Bertz CT molecular complexity index is 413. The first-order chi connectivity index (χ1) is 8.91. The Morgan fingerprint density at radius 2 is 1.79 bits per heavy atom. The smallest absolute Gasteiger partial charge is 0.340 e. The Hall–Kier alpha value is -1.51. The number of benzene rings is 1. The van der Waals surface area contributed by atoms with E-state index in [-0.39, 0.29) is 12.1 Å². The van der Waals surface area contributed by atoms with Crippen molar-refractivity contribution in [2.24, 2.45) is 5.92 Å². The fourth-order valence-electron chi connectivity index (χ4n) is 1.91. The van der Waals surface area contributed by atoms with Gasteiger partial charge in [0.2, 0.25) is 0 Å². The van der Waals surface area contributed by atoms with Crippen molar-refractivity contribution in [3.63, 3.8) is 0 Å². The number of esters is 1. The lowest BCUT2D eigenvalue weighted by Gasteiger charge is -2.19. The van der Waals surface area contributed by atoms with Gasteiger partial charge in [0.05, 0.1) is 17.4 Å². The Balaban J connectivity index is 2.68. The SMILES string of the molecule is CC(C)CCC(C)OC(=O)c1ccccc1N(C)C. The van der Waals surface area contributed by atoms with Gasteiger partial charge >= 0.3 is 5.97 Å². The fraction of sp³-hybridized carbons (Fsp3) is 0.562. The molecule has 0 heterocycles. The molecule has 1 aromatic carbocycles. The summed E-state index contributed by atoms with van der Waals surface area (Å²) >= 11 is 0. The topological polar surface area (TPSA) is 29.5 Å². The zero-order valence-electron chi connectivity index (χ0n) is 12.6. The summed E-state index contributed by atoms with van der Waals surface area (Å²) in [4.78, 5) is 14.1. The maximum atomic E-state index is 12.2. The van der Waals surface area contributed by atoms with Crippen LogP contribution in [0.1, 0.15) is 44.0 Å². The highest BCUT2D eigenvalue weighted by Crippen LogP contribution is 2.20. The number of hydrogen-bond acceptors (Lipinski definition) is 3. The van der Waals surface area contributed by atoms with Gasteiger partial charge in [-0.2, -0.15) is 0 Å². The number of hydrogen-bond donors (Lipinski definition) is 0. The number of para-hydroxylation sites is 1. The molecule has 0 aromatic heterocycles. The standard InChI is InChI=1S/C16H25NO2/c1-12(2)10-11-13(3)19-16(18)14-8-6-7-9-15(14)17(4)5/h6-9,12-13H,10-11H2,1-5H3. The molecule has 0 N–H and O–H groups in total. The quantitative estimate of drug-likeness (QED) is 0.732. The summed E-state index contributed by atoms with van der Waals surface area (Å²) in [5.41, 5.74) is 1.52. The second-order valence-electron chi connectivity index (χ2n) is 5.60. The van der Waals surface area contributed by atoms with Crippen LogP contribution in [0.5, 0.6) is 0 Å². The maximum absolute atomic E-state index is 12.2. The van der Waals surface area contributed by atoms with Gasteiger partial charge in [-0.15, -0.1) is 0 Å². The first-order valence-electron chi connectivity index (χ1n) is 6.89. The second kappa shape index (κ2) is 7.17. The van der Waals surface area contributed by atoms with Crippen LogP contribution >= 0.6 is 0 Å². The van der Waals surface area contributed by atoms with Crippen LogP contribution in [-0.2, 0) is 4.74 Å². The minimum Gasteiger partial charge on any atom is -0.459 e. The average molecular weight is 263 g/mol. The van der Waals surface area contributed by atoms with Gasteiger partial charge in [-0.1, -0.05) is 26.0 Å². The molecule has 0 radical (unpaired) electrons. The summed E-state index contributed by atoms with van der Waals surface area (Å²) in [6, 6.07) is 7.53. The van der Waals surface area contributed by atoms with Gasteiger partial charge in [0, 0.05) is 14.1 Å². The van der Waals surface area contributed by atoms with E-state index in [9.17, 15) is 4.79 Å². The van der Waals surface area contributed by atoms with Crippen molar-refractivity contribution in [2.45, 2.75) is 39.7 Å². The molecule has 0 aliphatic carbocycles. The number of carbonyl (C=O) groups excluding carboxylic acids is 1. The summed E-state index contributed by atoms with van der Waals surface area (Å²) in [7, 11) is 3.85. The molecule has 3 nitrogen and oxygen atoms in total.